The van der Waals surface area contributed by atoms with Gasteiger partial charge in [0.15, 0.2) is 0 Å². The first-order valence-electron chi connectivity index (χ1n) is 9.62. The van der Waals surface area contributed by atoms with Crippen molar-refractivity contribution in [3.05, 3.63) is 64.4 Å². The number of carbonyl (C=O) groups is 2. The van der Waals surface area contributed by atoms with E-state index >= 15 is 0 Å². The molecule has 2 aromatic carbocycles. The second kappa shape index (κ2) is 8.82. The predicted octanol–water partition coefficient (Wildman–Crippen LogP) is 4.74. The van der Waals surface area contributed by atoms with E-state index in [1.54, 1.807) is 29.2 Å². The molecule has 5 nitrogen and oxygen atoms in total. The molecular weight excluding hydrogens is 393 g/mol. The number of likely N-dealkylation sites (tertiary alicyclic amines) is 1. The van der Waals surface area contributed by atoms with Crippen LogP contribution in [0.25, 0.3) is 0 Å². The molecule has 0 bridgehead atoms. The molecule has 2 N–H and O–H groups in total. The topological polar surface area (TPSA) is 61.4 Å². The molecule has 29 heavy (non-hydrogen) atoms. The molecule has 1 aliphatic heterocycles. The van der Waals surface area contributed by atoms with Crippen LogP contribution in [0.1, 0.15) is 30.9 Å². The van der Waals surface area contributed by atoms with Gasteiger partial charge in [-0.2, -0.15) is 0 Å². The van der Waals surface area contributed by atoms with Crippen molar-refractivity contribution < 1.29 is 14.0 Å². The molecule has 1 saturated heterocycles. The Balaban J connectivity index is 1.61. The fourth-order valence-electron chi connectivity index (χ4n) is 3.52. The van der Waals surface area contributed by atoms with Crippen LogP contribution in [0, 0.1) is 18.2 Å². The van der Waals surface area contributed by atoms with Gasteiger partial charge in [0.2, 0.25) is 5.91 Å². The largest absolute Gasteiger partial charge is 0.351 e. The van der Waals surface area contributed by atoms with Crippen molar-refractivity contribution in [1.82, 2.24) is 10.2 Å². The van der Waals surface area contributed by atoms with Gasteiger partial charge in [0, 0.05) is 30.3 Å². The third kappa shape index (κ3) is 5.26. The second-order valence-corrected chi connectivity index (χ2v) is 8.22. The zero-order valence-corrected chi connectivity index (χ0v) is 17.4. The number of anilines is 1. The lowest BCUT2D eigenvalue weighted by atomic mass is 9.81. The van der Waals surface area contributed by atoms with E-state index in [1.807, 2.05) is 19.9 Å². The second-order valence-electron chi connectivity index (χ2n) is 7.78. The van der Waals surface area contributed by atoms with E-state index in [0.29, 0.717) is 36.8 Å². The van der Waals surface area contributed by atoms with Gasteiger partial charge < -0.3 is 15.5 Å². The minimum atomic E-state index is -0.682. The Morgan fingerprint density at radius 2 is 1.93 bits per heavy atom. The molecule has 1 heterocycles. The predicted molar refractivity (Wildman–Crippen MR) is 112 cm³/mol. The number of piperidine rings is 1. The first-order chi connectivity index (χ1) is 13.8. The van der Waals surface area contributed by atoms with E-state index in [4.69, 9.17) is 11.6 Å². The number of hydrogen-bond donors (Lipinski definition) is 2. The highest BCUT2D eigenvalue weighted by atomic mass is 35.5. The summed E-state index contributed by atoms with van der Waals surface area (Å²) >= 11 is 6.03. The molecule has 0 aliphatic carbocycles. The zero-order chi connectivity index (χ0) is 21.0. The summed E-state index contributed by atoms with van der Waals surface area (Å²) in [5.41, 5.74) is 1.72. The summed E-state index contributed by atoms with van der Waals surface area (Å²) in [6.07, 6.45) is 1.44. The van der Waals surface area contributed by atoms with Crippen molar-refractivity contribution in [3.8, 4) is 0 Å². The summed E-state index contributed by atoms with van der Waals surface area (Å²) in [6, 6.07) is 11.1. The molecule has 2 aromatic rings. The van der Waals surface area contributed by atoms with E-state index in [2.05, 4.69) is 10.6 Å². The van der Waals surface area contributed by atoms with E-state index in [9.17, 15) is 14.0 Å². The Morgan fingerprint density at radius 1 is 1.21 bits per heavy atom. The molecule has 3 amide bonds. The first kappa shape index (κ1) is 21.1. The summed E-state index contributed by atoms with van der Waals surface area (Å²) in [5.74, 6) is -0.422. The van der Waals surface area contributed by atoms with Crippen LogP contribution in [0.5, 0.6) is 0 Å². The lowest BCUT2D eigenvalue weighted by Crippen LogP contribution is -2.52. The normalized spacial score (nSPS) is 19.0. The Labute approximate surface area is 175 Å². The van der Waals surface area contributed by atoms with Crippen LogP contribution in [0.15, 0.2) is 42.5 Å². The summed E-state index contributed by atoms with van der Waals surface area (Å²) in [4.78, 5) is 27.2. The average Bonchev–Trinajstić information content (AvgIpc) is 2.70. The van der Waals surface area contributed by atoms with Crippen LogP contribution in [0.3, 0.4) is 0 Å². The quantitative estimate of drug-likeness (QED) is 0.754. The molecule has 0 saturated carbocycles. The van der Waals surface area contributed by atoms with E-state index in [-0.39, 0.29) is 17.8 Å². The number of hydrogen-bond acceptors (Lipinski definition) is 2. The van der Waals surface area contributed by atoms with Crippen LogP contribution in [-0.2, 0) is 11.3 Å². The molecule has 7 heteroatoms. The van der Waals surface area contributed by atoms with Gasteiger partial charge >= 0.3 is 6.03 Å². The smallest absolute Gasteiger partial charge is 0.321 e. The number of carbonyl (C=O) groups excluding carboxylic acids is 2. The maximum atomic E-state index is 13.0. The van der Waals surface area contributed by atoms with E-state index in [1.165, 1.54) is 12.1 Å². The van der Waals surface area contributed by atoms with Crippen LogP contribution in [0.2, 0.25) is 5.02 Å². The lowest BCUT2D eigenvalue weighted by Gasteiger charge is -2.39. The molecule has 0 unspecified atom stereocenters. The summed E-state index contributed by atoms with van der Waals surface area (Å²) < 4.78 is 13.0. The highest BCUT2D eigenvalue weighted by Gasteiger charge is 2.39. The molecule has 0 spiro atoms. The van der Waals surface area contributed by atoms with Crippen molar-refractivity contribution in [2.24, 2.45) is 5.41 Å². The van der Waals surface area contributed by atoms with Gasteiger partial charge in [0.25, 0.3) is 0 Å². The monoisotopic (exact) mass is 417 g/mol. The molecular formula is C22H25ClFN3O2. The van der Waals surface area contributed by atoms with Gasteiger partial charge in [-0.1, -0.05) is 29.8 Å². The lowest BCUT2D eigenvalue weighted by molar-refractivity contribution is -0.132. The standard InChI is InChI=1S/C22H25ClFN3O2/c1-15-4-7-17(23)12-19(15)26-21(29)27-11-3-10-22(2,14-27)20(28)25-13-16-5-8-18(24)9-6-16/h4-9,12H,3,10-11,13-14H2,1-2H3,(H,25,28)(H,26,29)/t22-/m1/s1. The fraction of sp³-hybridized carbons (Fsp3) is 0.364. The van der Waals surface area contributed by atoms with E-state index < -0.39 is 5.41 Å². The molecule has 154 valence electrons. The zero-order valence-electron chi connectivity index (χ0n) is 16.6. The summed E-state index contributed by atoms with van der Waals surface area (Å²) in [6.45, 7) is 5.01. The third-order valence-corrected chi connectivity index (χ3v) is 5.57. The molecule has 0 aromatic heterocycles. The molecule has 1 fully saturated rings. The van der Waals surface area contributed by atoms with Gasteiger partial charge in [-0.25, -0.2) is 9.18 Å². The maximum absolute atomic E-state index is 13.0. The minimum absolute atomic E-state index is 0.113. The number of amides is 3. The fourth-order valence-corrected chi connectivity index (χ4v) is 3.69. The van der Waals surface area contributed by atoms with Gasteiger partial charge in [-0.15, -0.1) is 0 Å². The van der Waals surface area contributed by atoms with Crippen molar-refractivity contribution >= 4 is 29.2 Å². The molecule has 0 radical (unpaired) electrons. The van der Waals surface area contributed by atoms with Gasteiger partial charge in [0.1, 0.15) is 5.82 Å². The number of aryl methyl sites for hydroxylation is 1. The molecule has 1 aliphatic rings. The number of halogens is 2. The van der Waals surface area contributed by atoms with Crippen LogP contribution in [0.4, 0.5) is 14.9 Å². The van der Waals surface area contributed by atoms with Gasteiger partial charge in [0.05, 0.1) is 5.41 Å². The number of urea groups is 1. The van der Waals surface area contributed by atoms with Crippen molar-refractivity contribution in [3.63, 3.8) is 0 Å². The van der Waals surface area contributed by atoms with Gasteiger partial charge in [-0.3, -0.25) is 4.79 Å². The highest BCUT2D eigenvalue weighted by molar-refractivity contribution is 6.31. The van der Waals surface area contributed by atoms with Gasteiger partial charge in [-0.05, 0) is 62.1 Å². The summed E-state index contributed by atoms with van der Waals surface area (Å²) in [5, 5.41) is 6.36. The average molecular weight is 418 g/mol. The van der Waals surface area contributed by atoms with Crippen molar-refractivity contribution in [1.29, 1.82) is 0 Å². The molecule has 1 atom stereocenters. The Kier molecular flexibility index (Phi) is 6.42. The SMILES string of the molecule is Cc1ccc(Cl)cc1NC(=O)N1CCC[C@@](C)(C(=O)NCc2ccc(F)cc2)C1. The minimum Gasteiger partial charge on any atom is -0.351 e. The van der Waals surface area contributed by atoms with Crippen LogP contribution >= 0.6 is 11.6 Å². The van der Waals surface area contributed by atoms with Crippen molar-refractivity contribution in [2.45, 2.75) is 33.2 Å². The number of nitrogens with zero attached hydrogens (tertiary/aromatic N) is 1. The van der Waals surface area contributed by atoms with Crippen LogP contribution in [-0.4, -0.2) is 29.9 Å². The number of nitrogens with one attached hydrogen (secondary N) is 2. The van der Waals surface area contributed by atoms with Crippen molar-refractivity contribution in [2.75, 3.05) is 18.4 Å². The number of benzene rings is 2. The Hall–Kier alpha value is -2.60. The molecule has 3 rings (SSSR count). The summed E-state index contributed by atoms with van der Waals surface area (Å²) in [7, 11) is 0. The highest BCUT2D eigenvalue weighted by Crippen LogP contribution is 2.30. The Bertz CT molecular complexity index is 903. The first-order valence-corrected chi connectivity index (χ1v) is 9.99. The van der Waals surface area contributed by atoms with E-state index in [0.717, 1.165) is 17.5 Å². The Morgan fingerprint density at radius 3 is 2.66 bits per heavy atom. The maximum Gasteiger partial charge on any atom is 0.321 e. The van der Waals surface area contributed by atoms with Crippen LogP contribution < -0.4 is 10.6 Å². The third-order valence-electron chi connectivity index (χ3n) is 5.34. The number of rotatable bonds is 4.